The number of aromatic nitrogens is 1. The Morgan fingerprint density at radius 2 is 2.07 bits per heavy atom. The molecule has 0 radical (unpaired) electrons. The molecule has 9 heteroatoms. The zero-order valence-corrected chi connectivity index (χ0v) is 17.0. The van der Waals surface area contributed by atoms with Crippen molar-refractivity contribution in [2.45, 2.75) is 13.5 Å². The Morgan fingerprint density at radius 1 is 1.28 bits per heavy atom. The van der Waals surface area contributed by atoms with Crippen molar-refractivity contribution in [3.63, 3.8) is 0 Å². The number of rotatable bonds is 8. The lowest BCUT2D eigenvalue weighted by atomic mass is 10.2. The highest BCUT2D eigenvalue weighted by molar-refractivity contribution is 9.10. The lowest BCUT2D eigenvalue weighted by molar-refractivity contribution is 0.0912. The number of halogens is 2. The summed E-state index contributed by atoms with van der Waals surface area (Å²) in [7, 11) is 0. The van der Waals surface area contributed by atoms with Gasteiger partial charge < -0.3 is 13.9 Å². The first kappa shape index (κ1) is 20.5. The Hall–Kier alpha value is -3.20. The maximum Gasteiger partial charge on any atom is 0.327 e. The van der Waals surface area contributed by atoms with Gasteiger partial charge in [0, 0.05) is 10.0 Å². The van der Waals surface area contributed by atoms with E-state index in [2.05, 4.69) is 31.4 Å². The highest BCUT2D eigenvalue weighted by atomic mass is 79.9. The third-order valence-corrected chi connectivity index (χ3v) is 4.11. The van der Waals surface area contributed by atoms with E-state index in [1.165, 1.54) is 24.5 Å². The Labute approximate surface area is 174 Å². The van der Waals surface area contributed by atoms with Crippen molar-refractivity contribution in [3.8, 4) is 11.7 Å². The minimum Gasteiger partial charge on any atom is -0.488 e. The second-order valence-corrected chi connectivity index (χ2v) is 6.63. The van der Waals surface area contributed by atoms with E-state index in [4.69, 9.17) is 13.9 Å². The van der Waals surface area contributed by atoms with Gasteiger partial charge >= 0.3 is 11.9 Å². The Kier molecular flexibility index (Phi) is 6.96. The first-order chi connectivity index (χ1) is 14.0. The molecule has 1 heterocycles. The highest BCUT2D eigenvalue weighted by Gasteiger charge is 2.13. The first-order valence-corrected chi connectivity index (χ1v) is 9.43. The van der Waals surface area contributed by atoms with Gasteiger partial charge in [-0.2, -0.15) is 5.10 Å². The normalized spacial score (nSPS) is 10.9. The predicted octanol–water partition coefficient (Wildman–Crippen LogP) is 4.32. The summed E-state index contributed by atoms with van der Waals surface area (Å²) in [5.74, 6) is -0.376. The Bertz CT molecular complexity index is 1010. The van der Waals surface area contributed by atoms with Gasteiger partial charge in [0.15, 0.2) is 0 Å². The smallest absolute Gasteiger partial charge is 0.327 e. The van der Waals surface area contributed by atoms with E-state index in [9.17, 15) is 9.18 Å². The standard InChI is InChI=1S/C20H17BrFN3O4/c1-2-27-18-11-23-20(29-18)19(26)25-24-10-14-9-15(21)5-8-17(14)28-12-13-3-6-16(22)7-4-13/h3-11H,2,12H2,1H3,(H,25,26)/b24-10-. The number of carbonyl (C=O) groups excluding carboxylic acids is 1. The van der Waals surface area contributed by atoms with Crippen LogP contribution in [0.3, 0.4) is 0 Å². The van der Waals surface area contributed by atoms with Crippen molar-refractivity contribution in [1.82, 2.24) is 10.4 Å². The van der Waals surface area contributed by atoms with Crippen molar-refractivity contribution < 1.29 is 23.1 Å². The quantitative estimate of drug-likeness (QED) is 0.398. The lowest BCUT2D eigenvalue weighted by Gasteiger charge is -2.09. The molecule has 1 aromatic heterocycles. The predicted molar refractivity (Wildman–Crippen MR) is 108 cm³/mol. The van der Waals surface area contributed by atoms with Crippen LogP contribution < -0.4 is 14.9 Å². The molecule has 0 saturated heterocycles. The van der Waals surface area contributed by atoms with Gasteiger partial charge in [0.2, 0.25) is 0 Å². The van der Waals surface area contributed by atoms with Crippen LogP contribution >= 0.6 is 15.9 Å². The molecule has 0 fully saturated rings. The van der Waals surface area contributed by atoms with Gasteiger partial charge in [-0.05, 0) is 42.8 Å². The summed E-state index contributed by atoms with van der Waals surface area (Å²) in [5.41, 5.74) is 3.78. The zero-order chi connectivity index (χ0) is 20.6. The van der Waals surface area contributed by atoms with E-state index in [1.54, 1.807) is 31.2 Å². The minimum atomic E-state index is -0.615. The molecular weight excluding hydrogens is 445 g/mol. The van der Waals surface area contributed by atoms with Gasteiger partial charge in [-0.25, -0.2) is 14.8 Å². The Morgan fingerprint density at radius 3 is 2.83 bits per heavy atom. The van der Waals surface area contributed by atoms with Gasteiger partial charge in [-0.1, -0.05) is 28.1 Å². The summed E-state index contributed by atoms with van der Waals surface area (Å²) in [4.78, 5) is 15.9. The van der Waals surface area contributed by atoms with E-state index in [0.29, 0.717) is 17.9 Å². The number of amides is 1. The van der Waals surface area contributed by atoms with Crippen LogP contribution in [0.4, 0.5) is 4.39 Å². The molecule has 0 unspecified atom stereocenters. The summed E-state index contributed by atoms with van der Waals surface area (Å²) < 4.78 is 29.9. The number of nitrogens with zero attached hydrogens (tertiary/aromatic N) is 2. The summed E-state index contributed by atoms with van der Waals surface area (Å²) in [6.07, 6.45) is 2.76. The molecule has 2 aromatic carbocycles. The lowest BCUT2D eigenvalue weighted by Crippen LogP contribution is -2.17. The number of hydrogen-bond acceptors (Lipinski definition) is 6. The van der Waals surface area contributed by atoms with E-state index in [1.807, 2.05) is 6.07 Å². The molecule has 0 atom stereocenters. The second kappa shape index (κ2) is 9.83. The fraction of sp³-hybridized carbons (Fsp3) is 0.150. The van der Waals surface area contributed by atoms with Crippen LogP contribution in [0, 0.1) is 5.82 Å². The molecule has 0 bridgehead atoms. The zero-order valence-electron chi connectivity index (χ0n) is 15.4. The topological polar surface area (TPSA) is 86.0 Å². The monoisotopic (exact) mass is 461 g/mol. The number of hydrazone groups is 1. The highest BCUT2D eigenvalue weighted by Crippen LogP contribution is 2.23. The SMILES string of the molecule is CCOc1cnc(C(=O)N/N=C\c2cc(Br)ccc2OCc2ccc(F)cc2)o1. The Balaban J connectivity index is 1.65. The maximum absolute atomic E-state index is 13.0. The van der Waals surface area contributed by atoms with Gasteiger partial charge in [0.1, 0.15) is 24.4 Å². The van der Waals surface area contributed by atoms with Crippen LogP contribution in [0.1, 0.15) is 28.7 Å². The van der Waals surface area contributed by atoms with Crippen LogP contribution in [0.2, 0.25) is 0 Å². The molecule has 29 heavy (non-hydrogen) atoms. The van der Waals surface area contributed by atoms with Crippen molar-refractivity contribution >= 4 is 28.1 Å². The number of nitrogens with one attached hydrogen (secondary N) is 1. The number of hydrogen-bond donors (Lipinski definition) is 1. The minimum absolute atomic E-state index is 0.157. The summed E-state index contributed by atoms with van der Waals surface area (Å²) in [5, 5.41) is 3.93. The number of carbonyl (C=O) groups is 1. The van der Waals surface area contributed by atoms with E-state index in [0.717, 1.165) is 10.0 Å². The molecule has 1 amide bonds. The molecule has 7 nitrogen and oxygen atoms in total. The van der Waals surface area contributed by atoms with Gasteiger partial charge in [-0.3, -0.25) is 4.79 Å². The van der Waals surface area contributed by atoms with Gasteiger partial charge in [0.05, 0.1) is 12.8 Å². The van der Waals surface area contributed by atoms with Crippen molar-refractivity contribution in [1.29, 1.82) is 0 Å². The molecular formula is C20H17BrFN3O4. The van der Waals surface area contributed by atoms with E-state index < -0.39 is 5.91 Å². The number of benzene rings is 2. The summed E-state index contributed by atoms with van der Waals surface area (Å²) in [6.45, 7) is 2.45. The molecule has 0 aliphatic rings. The molecule has 3 rings (SSSR count). The fourth-order valence-electron chi connectivity index (χ4n) is 2.27. The van der Waals surface area contributed by atoms with Crippen molar-refractivity contribution in [2.75, 3.05) is 6.61 Å². The van der Waals surface area contributed by atoms with E-state index in [-0.39, 0.29) is 24.3 Å². The number of ether oxygens (including phenoxy) is 2. The molecule has 0 aliphatic carbocycles. The largest absolute Gasteiger partial charge is 0.488 e. The van der Waals surface area contributed by atoms with Crippen molar-refractivity contribution in [2.24, 2.45) is 5.10 Å². The van der Waals surface area contributed by atoms with Crippen LogP contribution in [-0.4, -0.2) is 23.7 Å². The van der Waals surface area contributed by atoms with Crippen LogP contribution in [0.15, 0.2) is 62.7 Å². The average molecular weight is 462 g/mol. The maximum atomic E-state index is 13.0. The molecule has 1 N–H and O–H groups in total. The molecule has 0 saturated carbocycles. The molecule has 0 aliphatic heterocycles. The molecule has 0 spiro atoms. The van der Waals surface area contributed by atoms with Gasteiger partial charge in [0.25, 0.3) is 5.89 Å². The summed E-state index contributed by atoms with van der Waals surface area (Å²) in [6, 6.07) is 11.4. The van der Waals surface area contributed by atoms with Crippen LogP contribution in [0.5, 0.6) is 11.7 Å². The van der Waals surface area contributed by atoms with E-state index >= 15 is 0 Å². The third-order valence-electron chi connectivity index (χ3n) is 3.61. The third kappa shape index (κ3) is 5.89. The average Bonchev–Trinajstić information content (AvgIpc) is 3.18. The fourth-order valence-corrected chi connectivity index (χ4v) is 2.65. The summed E-state index contributed by atoms with van der Waals surface area (Å²) >= 11 is 3.39. The van der Waals surface area contributed by atoms with Crippen molar-refractivity contribution in [3.05, 3.63) is 76.0 Å². The molecule has 3 aromatic rings. The number of oxazole rings is 1. The second-order valence-electron chi connectivity index (χ2n) is 5.71. The first-order valence-electron chi connectivity index (χ1n) is 8.64. The van der Waals surface area contributed by atoms with Crippen LogP contribution in [-0.2, 0) is 6.61 Å². The van der Waals surface area contributed by atoms with Gasteiger partial charge in [-0.15, -0.1) is 0 Å². The molecule has 150 valence electrons. The van der Waals surface area contributed by atoms with Crippen LogP contribution in [0.25, 0.3) is 0 Å².